The highest BCUT2D eigenvalue weighted by molar-refractivity contribution is 5.21. The van der Waals surface area contributed by atoms with Gasteiger partial charge in [-0.15, -0.1) is 0 Å². The summed E-state index contributed by atoms with van der Waals surface area (Å²) < 4.78 is 26.5. The van der Waals surface area contributed by atoms with E-state index in [1.54, 1.807) is 0 Å². The van der Waals surface area contributed by atoms with Gasteiger partial charge in [-0.25, -0.2) is 8.78 Å². The van der Waals surface area contributed by atoms with E-state index in [0.29, 0.717) is 12.5 Å². The average molecular weight is 271 g/mol. The lowest BCUT2D eigenvalue weighted by molar-refractivity contribution is 0.156. The van der Waals surface area contributed by atoms with Gasteiger partial charge in [0.05, 0.1) is 6.10 Å². The fraction of sp³-hybridized carbons (Fsp3) is 0.600. The van der Waals surface area contributed by atoms with Crippen LogP contribution in [0.25, 0.3) is 0 Å². The number of halogens is 2. The maximum absolute atomic E-state index is 13.5. The summed E-state index contributed by atoms with van der Waals surface area (Å²) in [5, 5.41) is 13.0. The molecule has 0 aliphatic rings. The van der Waals surface area contributed by atoms with Crippen LogP contribution in [0.4, 0.5) is 8.78 Å². The number of nitrogens with one attached hydrogen (secondary N) is 1. The van der Waals surface area contributed by atoms with E-state index in [1.807, 2.05) is 0 Å². The predicted octanol–water partition coefficient (Wildman–Crippen LogP) is 3.27. The molecule has 0 saturated heterocycles. The van der Waals surface area contributed by atoms with Crippen molar-refractivity contribution in [1.29, 1.82) is 0 Å². The highest BCUT2D eigenvalue weighted by Gasteiger charge is 2.22. The maximum Gasteiger partial charge on any atom is 0.129 e. The number of aliphatic hydroxyl groups excluding tert-OH is 1. The largest absolute Gasteiger partial charge is 0.387 e. The Hall–Kier alpha value is -1.00. The molecule has 0 amide bonds. The molecule has 1 rings (SSSR count). The molecule has 0 saturated carbocycles. The molecule has 1 aromatic carbocycles. The first-order valence-corrected chi connectivity index (χ1v) is 6.58. The second-order valence-corrected chi connectivity index (χ2v) is 5.96. The summed E-state index contributed by atoms with van der Waals surface area (Å²) in [4.78, 5) is 0. The van der Waals surface area contributed by atoms with Crippen molar-refractivity contribution in [2.24, 2.45) is 11.3 Å². The molecular weight excluding hydrogens is 248 g/mol. The summed E-state index contributed by atoms with van der Waals surface area (Å²) in [5.74, 6) is -0.639. The van der Waals surface area contributed by atoms with Crippen LogP contribution in [-0.4, -0.2) is 18.2 Å². The minimum atomic E-state index is -1.04. The number of aliphatic hydroxyl groups is 1. The van der Waals surface area contributed by atoms with Gasteiger partial charge in [-0.05, 0) is 29.5 Å². The smallest absolute Gasteiger partial charge is 0.129 e. The number of benzene rings is 1. The molecule has 0 fully saturated rings. The standard InChI is InChI=1S/C15H23F2NO/c1-10(2)15(3,4)9-18-8-14(19)12-7-11(16)5-6-13(12)17/h5-7,10,14,18-19H,8-9H2,1-4H3. The molecule has 108 valence electrons. The molecule has 1 unspecified atom stereocenters. The quantitative estimate of drug-likeness (QED) is 0.832. The third kappa shape index (κ3) is 4.55. The van der Waals surface area contributed by atoms with Gasteiger partial charge in [0.1, 0.15) is 11.6 Å². The van der Waals surface area contributed by atoms with Crippen LogP contribution in [0.2, 0.25) is 0 Å². The van der Waals surface area contributed by atoms with Crippen LogP contribution >= 0.6 is 0 Å². The Kier molecular flexibility index (Phi) is 5.44. The topological polar surface area (TPSA) is 32.3 Å². The van der Waals surface area contributed by atoms with Gasteiger partial charge < -0.3 is 10.4 Å². The summed E-state index contributed by atoms with van der Waals surface area (Å²) >= 11 is 0. The van der Waals surface area contributed by atoms with E-state index in [0.717, 1.165) is 18.2 Å². The zero-order valence-corrected chi connectivity index (χ0v) is 12.0. The molecule has 0 bridgehead atoms. The monoisotopic (exact) mass is 271 g/mol. The van der Waals surface area contributed by atoms with Crippen molar-refractivity contribution in [3.63, 3.8) is 0 Å². The molecule has 4 heteroatoms. The lowest BCUT2D eigenvalue weighted by atomic mass is 9.81. The van der Waals surface area contributed by atoms with E-state index in [1.165, 1.54) is 0 Å². The van der Waals surface area contributed by atoms with Crippen molar-refractivity contribution in [2.75, 3.05) is 13.1 Å². The average Bonchev–Trinajstić information content (AvgIpc) is 2.31. The third-order valence-corrected chi connectivity index (χ3v) is 3.80. The highest BCUT2D eigenvalue weighted by atomic mass is 19.1. The molecule has 2 N–H and O–H groups in total. The summed E-state index contributed by atoms with van der Waals surface area (Å²) in [6, 6.07) is 3.11. The van der Waals surface area contributed by atoms with Crippen LogP contribution in [0, 0.1) is 23.0 Å². The highest BCUT2D eigenvalue weighted by Crippen LogP contribution is 2.25. The van der Waals surface area contributed by atoms with Gasteiger partial charge in [0, 0.05) is 18.7 Å². The third-order valence-electron chi connectivity index (χ3n) is 3.80. The van der Waals surface area contributed by atoms with Crippen molar-refractivity contribution in [1.82, 2.24) is 5.32 Å². The predicted molar refractivity (Wildman–Crippen MR) is 72.8 cm³/mol. The van der Waals surface area contributed by atoms with E-state index in [2.05, 4.69) is 33.0 Å². The van der Waals surface area contributed by atoms with Crippen LogP contribution < -0.4 is 5.32 Å². The van der Waals surface area contributed by atoms with Crippen LogP contribution in [-0.2, 0) is 0 Å². The molecule has 1 atom stereocenters. The zero-order chi connectivity index (χ0) is 14.6. The van der Waals surface area contributed by atoms with Gasteiger partial charge in [-0.2, -0.15) is 0 Å². The first-order chi connectivity index (χ1) is 8.74. The summed E-state index contributed by atoms with van der Waals surface area (Å²) in [7, 11) is 0. The molecule has 0 aromatic heterocycles. The number of rotatable bonds is 6. The minimum Gasteiger partial charge on any atom is -0.387 e. The molecule has 1 aromatic rings. The van der Waals surface area contributed by atoms with Crippen molar-refractivity contribution < 1.29 is 13.9 Å². The van der Waals surface area contributed by atoms with E-state index in [-0.39, 0.29) is 17.5 Å². The zero-order valence-electron chi connectivity index (χ0n) is 12.0. The molecule has 0 radical (unpaired) electrons. The summed E-state index contributed by atoms with van der Waals surface area (Å²) in [6.07, 6.45) is -1.04. The molecule has 19 heavy (non-hydrogen) atoms. The lowest BCUT2D eigenvalue weighted by Crippen LogP contribution is -2.35. The SMILES string of the molecule is CC(C)C(C)(C)CNCC(O)c1cc(F)ccc1F. The van der Waals surface area contributed by atoms with E-state index >= 15 is 0 Å². The summed E-state index contributed by atoms with van der Waals surface area (Å²) in [6.45, 7) is 9.42. The molecular formula is C15H23F2NO. The van der Waals surface area contributed by atoms with Gasteiger partial charge in [0.25, 0.3) is 0 Å². The van der Waals surface area contributed by atoms with Crippen molar-refractivity contribution in [3.8, 4) is 0 Å². The molecule has 0 aliphatic heterocycles. The fourth-order valence-electron chi connectivity index (χ4n) is 1.62. The van der Waals surface area contributed by atoms with Crippen LogP contribution in [0.5, 0.6) is 0 Å². The van der Waals surface area contributed by atoms with Crippen LogP contribution in [0.15, 0.2) is 18.2 Å². The first-order valence-electron chi connectivity index (χ1n) is 6.58. The summed E-state index contributed by atoms with van der Waals surface area (Å²) in [5.41, 5.74) is 0.0788. The second-order valence-electron chi connectivity index (χ2n) is 5.96. The molecule has 0 aliphatic carbocycles. The van der Waals surface area contributed by atoms with Crippen LogP contribution in [0.3, 0.4) is 0 Å². The Morgan fingerprint density at radius 3 is 2.47 bits per heavy atom. The van der Waals surface area contributed by atoms with Crippen molar-refractivity contribution in [2.45, 2.75) is 33.8 Å². The van der Waals surface area contributed by atoms with E-state index in [9.17, 15) is 13.9 Å². The first kappa shape index (κ1) is 16.1. The van der Waals surface area contributed by atoms with E-state index < -0.39 is 17.7 Å². The van der Waals surface area contributed by atoms with Crippen LogP contribution in [0.1, 0.15) is 39.4 Å². The van der Waals surface area contributed by atoms with Crippen molar-refractivity contribution in [3.05, 3.63) is 35.4 Å². The minimum absolute atomic E-state index is 0.00477. The Morgan fingerprint density at radius 2 is 1.89 bits per heavy atom. The fourth-order valence-corrected chi connectivity index (χ4v) is 1.62. The lowest BCUT2D eigenvalue weighted by Gasteiger charge is -2.30. The second kappa shape index (κ2) is 6.44. The Morgan fingerprint density at radius 1 is 1.26 bits per heavy atom. The van der Waals surface area contributed by atoms with Gasteiger partial charge in [0.2, 0.25) is 0 Å². The van der Waals surface area contributed by atoms with Gasteiger partial charge >= 0.3 is 0 Å². The van der Waals surface area contributed by atoms with Crippen molar-refractivity contribution >= 4 is 0 Å². The maximum atomic E-state index is 13.5. The van der Waals surface area contributed by atoms with Gasteiger partial charge in [-0.1, -0.05) is 27.7 Å². The Balaban J connectivity index is 2.56. The van der Waals surface area contributed by atoms with Gasteiger partial charge in [0.15, 0.2) is 0 Å². The number of hydrogen-bond acceptors (Lipinski definition) is 2. The Bertz CT molecular complexity index is 419. The van der Waals surface area contributed by atoms with E-state index in [4.69, 9.17) is 0 Å². The number of hydrogen-bond donors (Lipinski definition) is 2. The Labute approximate surface area is 113 Å². The molecule has 0 heterocycles. The molecule has 0 spiro atoms. The molecule has 2 nitrogen and oxygen atoms in total. The van der Waals surface area contributed by atoms with Gasteiger partial charge in [-0.3, -0.25) is 0 Å². The normalized spacial score (nSPS) is 13.9.